The summed E-state index contributed by atoms with van der Waals surface area (Å²) >= 11 is 1.74. The van der Waals surface area contributed by atoms with E-state index in [1.54, 1.807) is 17.5 Å². The molecular weight excluding hydrogens is 434 g/mol. The molecule has 1 fully saturated rings. The average Bonchev–Trinajstić information content (AvgIpc) is 3.60. The van der Waals surface area contributed by atoms with E-state index >= 15 is 0 Å². The number of ether oxygens (including phenoxy) is 2. The Morgan fingerprint density at radius 3 is 3.00 bits per heavy atom. The Labute approximate surface area is 197 Å². The third-order valence-electron chi connectivity index (χ3n) is 5.79. The molecule has 0 N–H and O–H groups in total. The molecule has 0 saturated carbocycles. The van der Waals surface area contributed by atoms with Crippen LogP contribution in [0.4, 0.5) is 0 Å². The summed E-state index contributed by atoms with van der Waals surface area (Å²) in [5.74, 6) is 0.736. The van der Waals surface area contributed by atoms with Crippen molar-refractivity contribution in [2.75, 3.05) is 19.8 Å². The molecule has 7 heteroatoms. The minimum atomic E-state index is -0.0850. The zero-order valence-corrected chi connectivity index (χ0v) is 19.2. The minimum Gasteiger partial charge on any atom is -0.493 e. The Hall–Kier alpha value is -3.16. The number of amides is 1. The molecular formula is C26H27N3O3S. The van der Waals surface area contributed by atoms with E-state index in [1.807, 2.05) is 58.0 Å². The Morgan fingerprint density at radius 2 is 2.18 bits per heavy atom. The van der Waals surface area contributed by atoms with Crippen LogP contribution in [-0.4, -0.2) is 46.1 Å². The van der Waals surface area contributed by atoms with E-state index in [4.69, 9.17) is 9.47 Å². The van der Waals surface area contributed by atoms with Crippen LogP contribution in [0.15, 0.2) is 72.4 Å². The number of imidazole rings is 1. The molecule has 0 bridgehead atoms. The minimum absolute atomic E-state index is 0.0659. The lowest BCUT2D eigenvalue weighted by Crippen LogP contribution is -2.37. The SMILES string of the molecule is O=C(c1cn2ccccc2n1)N(Cc1cccc(OCCc2cccs2)c1)C[C@@H]1CCCO1. The molecule has 0 unspecified atom stereocenters. The van der Waals surface area contributed by atoms with Crippen LogP contribution in [0.2, 0.25) is 0 Å². The van der Waals surface area contributed by atoms with Gasteiger partial charge in [0.1, 0.15) is 17.1 Å². The highest BCUT2D eigenvalue weighted by Gasteiger charge is 2.25. The van der Waals surface area contributed by atoms with Crippen molar-refractivity contribution >= 4 is 22.9 Å². The highest BCUT2D eigenvalue weighted by atomic mass is 32.1. The van der Waals surface area contributed by atoms with Crippen molar-refractivity contribution in [2.24, 2.45) is 0 Å². The number of hydrogen-bond donors (Lipinski definition) is 0. The van der Waals surface area contributed by atoms with Crippen LogP contribution < -0.4 is 4.74 Å². The van der Waals surface area contributed by atoms with Crippen molar-refractivity contribution in [1.29, 1.82) is 0 Å². The van der Waals surface area contributed by atoms with Crippen molar-refractivity contribution in [1.82, 2.24) is 14.3 Å². The van der Waals surface area contributed by atoms with E-state index < -0.39 is 0 Å². The molecule has 0 spiro atoms. The first-order chi connectivity index (χ1) is 16.2. The van der Waals surface area contributed by atoms with E-state index in [1.165, 1.54) is 4.88 Å². The van der Waals surface area contributed by atoms with Gasteiger partial charge < -0.3 is 18.8 Å². The van der Waals surface area contributed by atoms with Gasteiger partial charge in [-0.25, -0.2) is 4.98 Å². The van der Waals surface area contributed by atoms with Gasteiger partial charge in [0.25, 0.3) is 5.91 Å². The molecule has 6 nitrogen and oxygen atoms in total. The summed E-state index contributed by atoms with van der Waals surface area (Å²) in [7, 11) is 0. The monoisotopic (exact) mass is 461 g/mol. The van der Waals surface area contributed by atoms with Crippen molar-refractivity contribution in [3.8, 4) is 5.75 Å². The fraction of sp³-hybridized carbons (Fsp3) is 0.308. The van der Waals surface area contributed by atoms with Gasteiger partial charge in [0.05, 0.1) is 12.7 Å². The third kappa shape index (κ3) is 5.43. The van der Waals surface area contributed by atoms with Gasteiger partial charge in [-0.15, -0.1) is 11.3 Å². The molecule has 170 valence electrons. The van der Waals surface area contributed by atoms with E-state index in [2.05, 4.69) is 22.5 Å². The number of hydrogen-bond acceptors (Lipinski definition) is 5. The lowest BCUT2D eigenvalue weighted by Gasteiger charge is -2.25. The fourth-order valence-corrected chi connectivity index (χ4v) is 4.82. The standard InChI is InChI=1S/C26H27N3O3S/c30-26(24-19-28-12-2-1-10-25(28)27-24)29(18-22-8-4-13-31-22)17-20-6-3-7-21(16-20)32-14-11-23-9-5-15-33-23/h1-3,5-7,9-10,12,15-16,19,22H,4,8,11,13-14,17-18H2/t22-/m0/s1. The van der Waals surface area contributed by atoms with Crippen molar-refractivity contribution < 1.29 is 14.3 Å². The van der Waals surface area contributed by atoms with Crippen molar-refractivity contribution in [2.45, 2.75) is 31.9 Å². The molecule has 1 aromatic carbocycles. The summed E-state index contributed by atoms with van der Waals surface area (Å²) in [4.78, 5) is 21.2. The summed E-state index contributed by atoms with van der Waals surface area (Å²) in [5.41, 5.74) is 2.24. The number of thiophene rings is 1. The Morgan fingerprint density at radius 1 is 1.21 bits per heavy atom. The molecule has 1 atom stereocenters. The second-order valence-corrected chi connectivity index (χ2v) is 9.27. The van der Waals surface area contributed by atoms with Crippen molar-refractivity contribution in [3.05, 3.63) is 88.5 Å². The summed E-state index contributed by atoms with van der Waals surface area (Å²) in [6, 6.07) is 17.9. The smallest absolute Gasteiger partial charge is 0.274 e. The zero-order valence-electron chi connectivity index (χ0n) is 18.4. The molecule has 5 rings (SSSR count). The molecule has 1 aliphatic rings. The van der Waals surface area contributed by atoms with Gasteiger partial charge in [-0.05, 0) is 54.1 Å². The van der Waals surface area contributed by atoms with Gasteiger partial charge in [0.2, 0.25) is 0 Å². The second kappa shape index (κ2) is 10.2. The summed E-state index contributed by atoms with van der Waals surface area (Å²) in [6.07, 6.45) is 6.66. The highest BCUT2D eigenvalue weighted by Crippen LogP contribution is 2.20. The van der Waals surface area contributed by atoms with Crippen LogP contribution >= 0.6 is 11.3 Å². The summed E-state index contributed by atoms with van der Waals surface area (Å²) < 4.78 is 13.7. The van der Waals surface area contributed by atoms with Crippen LogP contribution in [-0.2, 0) is 17.7 Å². The van der Waals surface area contributed by atoms with E-state index in [0.29, 0.717) is 25.4 Å². The maximum Gasteiger partial charge on any atom is 0.274 e. The Bertz CT molecular complexity index is 1170. The number of fused-ring (bicyclic) bond motifs is 1. The Kier molecular flexibility index (Phi) is 6.69. The zero-order chi connectivity index (χ0) is 22.5. The first-order valence-electron chi connectivity index (χ1n) is 11.3. The van der Waals surface area contributed by atoms with Crippen molar-refractivity contribution in [3.63, 3.8) is 0 Å². The predicted molar refractivity (Wildman–Crippen MR) is 129 cm³/mol. The number of pyridine rings is 1. The second-order valence-electron chi connectivity index (χ2n) is 8.24. The first-order valence-corrected chi connectivity index (χ1v) is 12.2. The molecule has 1 aliphatic heterocycles. The number of carbonyl (C=O) groups is 1. The lowest BCUT2D eigenvalue weighted by atomic mass is 10.1. The molecule has 4 heterocycles. The van der Waals surface area contributed by atoms with E-state index in [-0.39, 0.29) is 12.0 Å². The summed E-state index contributed by atoms with van der Waals surface area (Å²) in [5, 5.41) is 2.08. The number of aromatic nitrogens is 2. The largest absolute Gasteiger partial charge is 0.493 e. The van der Waals surface area contributed by atoms with Gasteiger partial charge in [-0.2, -0.15) is 0 Å². The highest BCUT2D eigenvalue weighted by molar-refractivity contribution is 7.09. The molecule has 3 aromatic heterocycles. The maximum absolute atomic E-state index is 13.5. The number of rotatable bonds is 9. The van der Waals surface area contributed by atoms with Gasteiger partial charge >= 0.3 is 0 Å². The first kappa shape index (κ1) is 21.7. The molecule has 0 aliphatic carbocycles. The van der Waals surface area contributed by atoms with Crippen LogP contribution in [0.1, 0.15) is 33.8 Å². The number of benzene rings is 1. The van der Waals surface area contributed by atoms with Crippen LogP contribution in [0.5, 0.6) is 5.75 Å². The topological polar surface area (TPSA) is 56.1 Å². The molecule has 4 aromatic rings. The molecule has 1 saturated heterocycles. The fourth-order valence-electron chi connectivity index (χ4n) is 4.13. The normalized spacial score (nSPS) is 15.7. The van der Waals surface area contributed by atoms with Gasteiger partial charge in [0, 0.05) is 43.4 Å². The van der Waals surface area contributed by atoms with E-state index in [9.17, 15) is 4.79 Å². The van der Waals surface area contributed by atoms with Gasteiger partial charge in [0.15, 0.2) is 0 Å². The van der Waals surface area contributed by atoms with Gasteiger partial charge in [-0.1, -0.05) is 24.3 Å². The molecule has 1 amide bonds. The van der Waals surface area contributed by atoms with E-state index in [0.717, 1.165) is 42.8 Å². The van der Waals surface area contributed by atoms with Crippen LogP contribution in [0, 0.1) is 0 Å². The number of carbonyl (C=O) groups excluding carboxylic acids is 1. The van der Waals surface area contributed by atoms with Crippen LogP contribution in [0.3, 0.4) is 0 Å². The average molecular weight is 462 g/mol. The predicted octanol–water partition coefficient (Wildman–Crippen LogP) is 4.84. The maximum atomic E-state index is 13.5. The molecule has 0 radical (unpaired) electrons. The molecule has 33 heavy (non-hydrogen) atoms. The number of nitrogens with zero attached hydrogens (tertiary/aromatic N) is 3. The summed E-state index contributed by atoms with van der Waals surface area (Å²) in [6.45, 7) is 2.42. The quantitative estimate of drug-likeness (QED) is 0.358. The Balaban J connectivity index is 1.30. The van der Waals surface area contributed by atoms with Gasteiger partial charge in [-0.3, -0.25) is 4.79 Å². The third-order valence-corrected chi connectivity index (χ3v) is 6.72. The van der Waals surface area contributed by atoms with Crippen LogP contribution in [0.25, 0.3) is 5.65 Å². The lowest BCUT2D eigenvalue weighted by molar-refractivity contribution is 0.0503.